The fraction of sp³-hybridized carbons (Fsp3) is 0.526. The fourth-order valence-corrected chi connectivity index (χ4v) is 3.31. The van der Waals surface area contributed by atoms with E-state index in [1.54, 1.807) is 24.3 Å². The minimum absolute atomic E-state index is 0.0154. The molecule has 6 nitrogen and oxygen atoms in total. The number of carboxylic acid groups (broad SMARTS) is 1. The molecule has 1 aromatic carbocycles. The van der Waals surface area contributed by atoms with Gasteiger partial charge in [-0.25, -0.2) is 0 Å². The largest absolute Gasteiger partial charge is 0.480 e. The van der Waals surface area contributed by atoms with Crippen molar-refractivity contribution in [2.75, 3.05) is 11.9 Å². The Morgan fingerprint density at radius 2 is 1.80 bits per heavy atom. The Balaban J connectivity index is 1.89. The van der Waals surface area contributed by atoms with Crippen LogP contribution in [-0.2, 0) is 9.59 Å². The summed E-state index contributed by atoms with van der Waals surface area (Å²) in [4.78, 5) is 34.7. The van der Waals surface area contributed by atoms with Crippen LogP contribution in [0.2, 0.25) is 0 Å². The van der Waals surface area contributed by atoms with Crippen LogP contribution in [0.1, 0.15) is 55.8 Å². The van der Waals surface area contributed by atoms with Gasteiger partial charge in [-0.05, 0) is 43.0 Å². The molecule has 136 valence electrons. The number of hydrogen-bond donors (Lipinski definition) is 3. The van der Waals surface area contributed by atoms with Crippen LogP contribution in [0.5, 0.6) is 0 Å². The zero-order valence-corrected chi connectivity index (χ0v) is 14.6. The lowest BCUT2D eigenvalue weighted by molar-refractivity contribution is -0.135. The molecule has 1 saturated carbocycles. The SMILES string of the molecule is CCC(CC1CCCC1)C(=O)Nc1ccc(C(=O)NCC(=O)O)cc1. The number of carboxylic acids is 1. The molecule has 6 heteroatoms. The Bertz CT molecular complexity index is 606. The quantitative estimate of drug-likeness (QED) is 0.674. The Labute approximate surface area is 148 Å². The number of aliphatic carboxylic acids is 1. The monoisotopic (exact) mass is 346 g/mol. The van der Waals surface area contributed by atoms with Gasteiger partial charge in [0.15, 0.2) is 0 Å². The van der Waals surface area contributed by atoms with E-state index in [0.29, 0.717) is 17.2 Å². The number of nitrogens with one attached hydrogen (secondary N) is 2. The van der Waals surface area contributed by atoms with Gasteiger partial charge in [-0.2, -0.15) is 0 Å². The molecular formula is C19H26N2O4. The summed E-state index contributed by atoms with van der Waals surface area (Å²) in [5.74, 6) is -0.840. The normalized spacial score (nSPS) is 15.6. The maximum Gasteiger partial charge on any atom is 0.322 e. The highest BCUT2D eigenvalue weighted by Gasteiger charge is 2.24. The van der Waals surface area contributed by atoms with Crippen LogP contribution < -0.4 is 10.6 Å². The molecule has 1 atom stereocenters. The summed E-state index contributed by atoms with van der Waals surface area (Å²) >= 11 is 0. The molecule has 3 N–H and O–H groups in total. The Morgan fingerprint density at radius 3 is 2.36 bits per heavy atom. The minimum atomic E-state index is -1.09. The van der Waals surface area contributed by atoms with Crippen molar-refractivity contribution in [3.05, 3.63) is 29.8 Å². The molecule has 0 aliphatic heterocycles. The molecule has 0 saturated heterocycles. The number of amides is 2. The molecule has 2 amide bonds. The van der Waals surface area contributed by atoms with E-state index >= 15 is 0 Å². The molecular weight excluding hydrogens is 320 g/mol. The van der Waals surface area contributed by atoms with Crippen molar-refractivity contribution in [3.8, 4) is 0 Å². The number of carbonyl (C=O) groups is 3. The van der Waals surface area contributed by atoms with E-state index in [0.717, 1.165) is 12.8 Å². The van der Waals surface area contributed by atoms with Crippen LogP contribution >= 0.6 is 0 Å². The highest BCUT2D eigenvalue weighted by molar-refractivity contribution is 5.97. The van der Waals surface area contributed by atoms with Crippen molar-refractivity contribution in [3.63, 3.8) is 0 Å². The number of benzene rings is 1. The summed E-state index contributed by atoms with van der Waals surface area (Å²) in [6.07, 6.45) is 6.76. The average Bonchev–Trinajstić information content (AvgIpc) is 3.11. The lowest BCUT2D eigenvalue weighted by Crippen LogP contribution is -2.29. The van der Waals surface area contributed by atoms with Gasteiger partial charge in [0.2, 0.25) is 5.91 Å². The Kier molecular flexibility index (Phi) is 6.98. The van der Waals surface area contributed by atoms with Gasteiger partial charge in [0, 0.05) is 17.2 Å². The first-order chi connectivity index (χ1) is 12.0. The summed E-state index contributed by atoms with van der Waals surface area (Å²) < 4.78 is 0. The number of anilines is 1. The zero-order chi connectivity index (χ0) is 18.2. The molecule has 1 unspecified atom stereocenters. The first-order valence-electron chi connectivity index (χ1n) is 8.90. The second-order valence-corrected chi connectivity index (χ2v) is 6.63. The molecule has 0 heterocycles. The van der Waals surface area contributed by atoms with Crippen molar-refractivity contribution in [1.29, 1.82) is 0 Å². The molecule has 0 aromatic heterocycles. The molecule has 25 heavy (non-hydrogen) atoms. The summed E-state index contributed by atoms with van der Waals surface area (Å²) in [6.45, 7) is 1.62. The van der Waals surface area contributed by atoms with Crippen molar-refractivity contribution >= 4 is 23.5 Å². The Hall–Kier alpha value is -2.37. The highest BCUT2D eigenvalue weighted by Crippen LogP contribution is 2.31. The van der Waals surface area contributed by atoms with E-state index < -0.39 is 18.4 Å². The van der Waals surface area contributed by atoms with E-state index in [1.165, 1.54) is 25.7 Å². The molecule has 1 aliphatic carbocycles. The van der Waals surface area contributed by atoms with Crippen LogP contribution in [0.4, 0.5) is 5.69 Å². The van der Waals surface area contributed by atoms with Gasteiger partial charge in [-0.3, -0.25) is 14.4 Å². The molecule has 1 fully saturated rings. The van der Waals surface area contributed by atoms with Gasteiger partial charge in [-0.1, -0.05) is 32.6 Å². The van der Waals surface area contributed by atoms with Crippen LogP contribution in [0.15, 0.2) is 24.3 Å². The van der Waals surface area contributed by atoms with Gasteiger partial charge in [0.1, 0.15) is 6.54 Å². The zero-order valence-electron chi connectivity index (χ0n) is 14.6. The molecule has 0 bridgehead atoms. The number of carbonyl (C=O) groups excluding carboxylic acids is 2. The van der Waals surface area contributed by atoms with E-state index in [4.69, 9.17) is 5.11 Å². The van der Waals surface area contributed by atoms with Gasteiger partial charge >= 0.3 is 5.97 Å². The van der Waals surface area contributed by atoms with Crippen molar-refractivity contribution in [1.82, 2.24) is 5.32 Å². The first kappa shape index (κ1) is 19.0. The van der Waals surface area contributed by atoms with Gasteiger partial charge in [0.25, 0.3) is 5.91 Å². The lowest BCUT2D eigenvalue weighted by atomic mass is 9.91. The third kappa shape index (κ3) is 5.89. The van der Waals surface area contributed by atoms with Crippen molar-refractivity contribution in [2.45, 2.75) is 45.4 Å². The van der Waals surface area contributed by atoms with Gasteiger partial charge in [0.05, 0.1) is 0 Å². The topological polar surface area (TPSA) is 95.5 Å². The predicted octanol–water partition coefficient (Wildman–Crippen LogP) is 3.05. The maximum absolute atomic E-state index is 12.5. The second-order valence-electron chi connectivity index (χ2n) is 6.63. The lowest BCUT2D eigenvalue weighted by Gasteiger charge is -2.18. The molecule has 1 aliphatic rings. The average molecular weight is 346 g/mol. The van der Waals surface area contributed by atoms with Crippen LogP contribution in [0, 0.1) is 11.8 Å². The first-order valence-corrected chi connectivity index (χ1v) is 8.90. The van der Waals surface area contributed by atoms with E-state index in [9.17, 15) is 14.4 Å². The van der Waals surface area contributed by atoms with Gasteiger partial charge in [-0.15, -0.1) is 0 Å². The standard InChI is InChI=1S/C19H26N2O4/c1-2-14(11-13-5-3-4-6-13)19(25)21-16-9-7-15(8-10-16)18(24)20-12-17(22)23/h7-10,13-14H,2-6,11-12H2,1H3,(H,20,24)(H,21,25)(H,22,23). The fourth-order valence-electron chi connectivity index (χ4n) is 3.31. The third-order valence-electron chi connectivity index (χ3n) is 4.77. The van der Waals surface area contributed by atoms with Crippen LogP contribution in [0.25, 0.3) is 0 Å². The summed E-state index contributed by atoms with van der Waals surface area (Å²) in [6, 6.07) is 6.47. The summed E-state index contributed by atoms with van der Waals surface area (Å²) in [5, 5.41) is 13.8. The van der Waals surface area contributed by atoms with Crippen molar-refractivity contribution in [2.24, 2.45) is 11.8 Å². The minimum Gasteiger partial charge on any atom is -0.480 e. The second kappa shape index (κ2) is 9.20. The summed E-state index contributed by atoms with van der Waals surface area (Å²) in [7, 11) is 0. The Morgan fingerprint density at radius 1 is 1.16 bits per heavy atom. The van der Waals surface area contributed by atoms with E-state index in [-0.39, 0.29) is 11.8 Å². The molecule has 0 spiro atoms. The van der Waals surface area contributed by atoms with Crippen LogP contribution in [0.3, 0.4) is 0 Å². The predicted molar refractivity (Wildman–Crippen MR) is 95.4 cm³/mol. The van der Waals surface area contributed by atoms with Gasteiger partial charge < -0.3 is 15.7 Å². The molecule has 2 rings (SSSR count). The van der Waals surface area contributed by atoms with Crippen LogP contribution in [-0.4, -0.2) is 29.4 Å². The molecule has 0 radical (unpaired) electrons. The molecule has 1 aromatic rings. The van der Waals surface area contributed by atoms with Crippen molar-refractivity contribution < 1.29 is 19.5 Å². The third-order valence-corrected chi connectivity index (χ3v) is 4.77. The van der Waals surface area contributed by atoms with E-state index in [2.05, 4.69) is 10.6 Å². The van der Waals surface area contributed by atoms with E-state index in [1.807, 2.05) is 6.92 Å². The summed E-state index contributed by atoms with van der Waals surface area (Å²) in [5.41, 5.74) is 1.00. The maximum atomic E-state index is 12.5. The highest BCUT2D eigenvalue weighted by atomic mass is 16.4. The number of hydrogen-bond acceptors (Lipinski definition) is 3. The smallest absolute Gasteiger partial charge is 0.322 e. The number of rotatable bonds is 8.